The lowest BCUT2D eigenvalue weighted by Gasteiger charge is -2.10. The van der Waals surface area contributed by atoms with Crippen LogP contribution in [-0.4, -0.2) is 9.78 Å². The van der Waals surface area contributed by atoms with E-state index in [-0.39, 0.29) is 0 Å². The van der Waals surface area contributed by atoms with E-state index in [0.717, 1.165) is 24.3 Å². The van der Waals surface area contributed by atoms with Gasteiger partial charge in [0.05, 0.1) is 5.69 Å². The molecule has 0 N–H and O–H groups in total. The van der Waals surface area contributed by atoms with Gasteiger partial charge in [-0.25, -0.2) is 0 Å². The molecule has 0 amide bonds. The highest BCUT2D eigenvalue weighted by Crippen LogP contribution is 2.19. The molecule has 0 bridgehead atoms. The van der Waals surface area contributed by atoms with Crippen LogP contribution in [0, 0.1) is 0 Å². The first-order chi connectivity index (χ1) is 9.24. The van der Waals surface area contributed by atoms with E-state index in [1.54, 1.807) is 0 Å². The molecule has 1 unspecified atom stereocenters. The van der Waals surface area contributed by atoms with Crippen LogP contribution >= 0.6 is 0 Å². The Hall–Kier alpha value is -1.77. The van der Waals surface area contributed by atoms with E-state index >= 15 is 0 Å². The average Bonchev–Trinajstić information content (AvgIpc) is 2.93. The molecular weight excluding hydrogens is 236 g/mol. The van der Waals surface area contributed by atoms with E-state index in [1.165, 1.54) is 5.56 Å². The third-order valence-corrected chi connectivity index (χ3v) is 3.44. The maximum Gasteiger partial charge on any atom is 0.132 e. The van der Waals surface area contributed by atoms with Gasteiger partial charge in [-0.05, 0) is 37.5 Å². The minimum Gasteiger partial charge on any atom is -0.487 e. The average molecular weight is 258 g/mol. The third kappa shape index (κ3) is 3.37. The maximum atomic E-state index is 5.86. The Balaban J connectivity index is 2.00. The van der Waals surface area contributed by atoms with Crippen molar-refractivity contribution >= 4 is 0 Å². The normalized spacial score (nSPS) is 12.4. The van der Waals surface area contributed by atoms with E-state index in [0.29, 0.717) is 12.6 Å². The smallest absolute Gasteiger partial charge is 0.132 e. The van der Waals surface area contributed by atoms with Crippen molar-refractivity contribution in [3.8, 4) is 5.75 Å². The van der Waals surface area contributed by atoms with Gasteiger partial charge in [-0.15, -0.1) is 0 Å². The molecule has 1 atom stereocenters. The number of nitrogens with zero attached hydrogens (tertiary/aromatic N) is 2. The zero-order valence-corrected chi connectivity index (χ0v) is 12.0. The fourth-order valence-electron chi connectivity index (χ4n) is 1.98. The van der Waals surface area contributed by atoms with Crippen LogP contribution in [0.4, 0.5) is 0 Å². The Bertz CT molecular complexity index is 519. The molecule has 0 aliphatic heterocycles. The minimum absolute atomic E-state index is 0.441. The molecule has 3 heteroatoms. The number of para-hydroxylation sites is 1. The van der Waals surface area contributed by atoms with Gasteiger partial charge in [0.2, 0.25) is 0 Å². The van der Waals surface area contributed by atoms with Crippen LogP contribution in [0.2, 0.25) is 0 Å². The monoisotopic (exact) mass is 258 g/mol. The predicted molar refractivity (Wildman–Crippen MR) is 77.4 cm³/mol. The number of rotatable bonds is 6. The molecule has 1 heterocycles. The Morgan fingerprint density at radius 2 is 2.00 bits per heavy atom. The number of benzene rings is 1. The predicted octanol–water partition coefficient (Wildman–Crippen LogP) is 4.00. The summed E-state index contributed by atoms with van der Waals surface area (Å²) in [5.41, 5.74) is 2.22. The second kappa shape index (κ2) is 6.41. The summed E-state index contributed by atoms with van der Waals surface area (Å²) in [7, 11) is 0. The number of hydrogen-bond acceptors (Lipinski definition) is 2. The summed E-state index contributed by atoms with van der Waals surface area (Å²) >= 11 is 0. The Morgan fingerprint density at radius 3 is 2.74 bits per heavy atom. The van der Waals surface area contributed by atoms with Crippen molar-refractivity contribution in [3.63, 3.8) is 0 Å². The zero-order chi connectivity index (χ0) is 13.7. The lowest BCUT2D eigenvalue weighted by molar-refractivity contribution is 0.295. The SMILES string of the molecule is CCc1ccccc1OCc1ccn(C(C)CC)n1. The lowest BCUT2D eigenvalue weighted by Crippen LogP contribution is -2.06. The highest BCUT2D eigenvalue weighted by molar-refractivity contribution is 5.33. The van der Waals surface area contributed by atoms with Crippen LogP contribution in [0.25, 0.3) is 0 Å². The van der Waals surface area contributed by atoms with Gasteiger partial charge in [0, 0.05) is 12.2 Å². The van der Waals surface area contributed by atoms with Crippen molar-refractivity contribution in [2.75, 3.05) is 0 Å². The van der Waals surface area contributed by atoms with Gasteiger partial charge in [-0.2, -0.15) is 5.10 Å². The largest absolute Gasteiger partial charge is 0.487 e. The number of aryl methyl sites for hydroxylation is 1. The highest BCUT2D eigenvalue weighted by atomic mass is 16.5. The van der Waals surface area contributed by atoms with Crippen LogP contribution in [0.1, 0.15) is 44.5 Å². The first-order valence-electron chi connectivity index (χ1n) is 6.99. The number of aromatic nitrogens is 2. The molecule has 0 saturated heterocycles. The molecular formula is C16H22N2O. The molecule has 1 aromatic carbocycles. The van der Waals surface area contributed by atoms with Gasteiger partial charge < -0.3 is 4.74 Å². The quantitative estimate of drug-likeness (QED) is 0.783. The van der Waals surface area contributed by atoms with Gasteiger partial charge in [0.15, 0.2) is 0 Å². The lowest BCUT2D eigenvalue weighted by atomic mass is 10.1. The fraction of sp³-hybridized carbons (Fsp3) is 0.438. The summed E-state index contributed by atoms with van der Waals surface area (Å²) < 4.78 is 7.87. The van der Waals surface area contributed by atoms with Crippen molar-refractivity contribution in [1.29, 1.82) is 0 Å². The van der Waals surface area contributed by atoms with E-state index in [9.17, 15) is 0 Å². The first-order valence-corrected chi connectivity index (χ1v) is 6.99. The summed E-state index contributed by atoms with van der Waals surface area (Å²) in [5.74, 6) is 0.961. The zero-order valence-electron chi connectivity index (χ0n) is 12.0. The van der Waals surface area contributed by atoms with Crippen molar-refractivity contribution in [2.45, 2.75) is 46.3 Å². The Morgan fingerprint density at radius 1 is 1.21 bits per heavy atom. The first kappa shape index (κ1) is 13.7. The molecule has 2 aromatic rings. The van der Waals surface area contributed by atoms with Crippen LogP contribution in [0.3, 0.4) is 0 Å². The molecule has 0 fully saturated rings. The summed E-state index contributed by atoms with van der Waals surface area (Å²) in [4.78, 5) is 0. The Labute approximate surface area is 115 Å². The van der Waals surface area contributed by atoms with Gasteiger partial charge in [0.1, 0.15) is 12.4 Å². The van der Waals surface area contributed by atoms with Crippen LogP contribution in [0.5, 0.6) is 5.75 Å². The highest BCUT2D eigenvalue weighted by Gasteiger charge is 2.06. The molecule has 0 aliphatic rings. The van der Waals surface area contributed by atoms with Crippen molar-refractivity contribution in [3.05, 3.63) is 47.8 Å². The fourth-order valence-corrected chi connectivity index (χ4v) is 1.98. The van der Waals surface area contributed by atoms with Crippen molar-refractivity contribution < 1.29 is 4.74 Å². The molecule has 102 valence electrons. The van der Waals surface area contributed by atoms with Crippen molar-refractivity contribution in [1.82, 2.24) is 9.78 Å². The summed E-state index contributed by atoms with van der Waals surface area (Å²) in [6, 6.07) is 10.6. The number of ether oxygens (including phenoxy) is 1. The second-order valence-corrected chi connectivity index (χ2v) is 4.79. The van der Waals surface area contributed by atoms with Crippen LogP contribution in [-0.2, 0) is 13.0 Å². The van der Waals surface area contributed by atoms with Gasteiger partial charge >= 0.3 is 0 Å². The standard InChI is InChI=1S/C16H22N2O/c1-4-13(3)18-11-10-15(17-18)12-19-16-9-7-6-8-14(16)5-2/h6-11,13H,4-5,12H2,1-3H3. The molecule has 19 heavy (non-hydrogen) atoms. The van der Waals surface area contributed by atoms with Crippen molar-refractivity contribution in [2.24, 2.45) is 0 Å². The van der Waals surface area contributed by atoms with E-state index < -0.39 is 0 Å². The summed E-state index contributed by atoms with van der Waals surface area (Å²) in [6.07, 6.45) is 4.09. The third-order valence-electron chi connectivity index (χ3n) is 3.44. The topological polar surface area (TPSA) is 27.1 Å². The van der Waals surface area contributed by atoms with Gasteiger partial charge in [0.25, 0.3) is 0 Å². The van der Waals surface area contributed by atoms with Gasteiger partial charge in [-0.1, -0.05) is 32.0 Å². The molecule has 3 nitrogen and oxygen atoms in total. The van der Waals surface area contributed by atoms with E-state index in [4.69, 9.17) is 4.74 Å². The molecule has 0 saturated carbocycles. The van der Waals surface area contributed by atoms with Gasteiger partial charge in [-0.3, -0.25) is 4.68 Å². The number of hydrogen-bond donors (Lipinski definition) is 0. The maximum absolute atomic E-state index is 5.86. The summed E-state index contributed by atoms with van der Waals surface area (Å²) in [5, 5.41) is 4.54. The van der Waals surface area contributed by atoms with Crippen LogP contribution < -0.4 is 4.74 Å². The summed E-state index contributed by atoms with van der Waals surface area (Å²) in [6.45, 7) is 7.00. The van der Waals surface area contributed by atoms with E-state index in [1.807, 2.05) is 35.1 Å². The van der Waals surface area contributed by atoms with Crippen LogP contribution in [0.15, 0.2) is 36.5 Å². The molecule has 0 aliphatic carbocycles. The minimum atomic E-state index is 0.441. The Kier molecular flexibility index (Phi) is 4.61. The molecule has 2 rings (SSSR count). The molecule has 0 spiro atoms. The van der Waals surface area contributed by atoms with E-state index in [2.05, 4.69) is 31.9 Å². The molecule has 0 radical (unpaired) electrons. The second-order valence-electron chi connectivity index (χ2n) is 4.79. The molecule has 1 aromatic heterocycles.